The van der Waals surface area contributed by atoms with E-state index in [0.29, 0.717) is 6.04 Å². The van der Waals surface area contributed by atoms with Gasteiger partial charge in [0.05, 0.1) is 16.9 Å². The van der Waals surface area contributed by atoms with Crippen molar-refractivity contribution >= 4 is 17.4 Å². The van der Waals surface area contributed by atoms with Crippen molar-refractivity contribution in [3.8, 4) is 0 Å². The summed E-state index contributed by atoms with van der Waals surface area (Å²) >= 11 is 6.23. The molecule has 0 aromatic carbocycles. The molecule has 2 heterocycles. The molecule has 0 unspecified atom stereocenters. The fourth-order valence-electron chi connectivity index (χ4n) is 2.25. The Kier molecular flexibility index (Phi) is 4.12. The summed E-state index contributed by atoms with van der Waals surface area (Å²) in [7, 11) is 3.95. The van der Waals surface area contributed by atoms with Gasteiger partial charge in [0.1, 0.15) is 5.82 Å². The van der Waals surface area contributed by atoms with Crippen LogP contribution in [0.1, 0.15) is 24.1 Å². The third-order valence-electron chi connectivity index (χ3n) is 3.61. The van der Waals surface area contributed by atoms with Gasteiger partial charge in [0.2, 0.25) is 0 Å². The fourth-order valence-corrected chi connectivity index (χ4v) is 2.42. The lowest BCUT2D eigenvalue weighted by atomic mass is 10.3. The quantitative estimate of drug-likeness (QED) is 0.890. The molecular weight excluding hydrogens is 286 g/mol. The zero-order valence-electron chi connectivity index (χ0n) is 12.4. The molecule has 6 heteroatoms. The molecule has 5 nitrogen and oxygen atoms in total. The van der Waals surface area contributed by atoms with Crippen LogP contribution in [-0.2, 0) is 20.1 Å². The molecule has 0 amide bonds. The lowest BCUT2D eigenvalue weighted by Crippen LogP contribution is -2.20. The van der Waals surface area contributed by atoms with Crippen LogP contribution >= 0.6 is 11.6 Å². The van der Waals surface area contributed by atoms with Crippen molar-refractivity contribution in [2.24, 2.45) is 7.05 Å². The van der Waals surface area contributed by atoms with Crippen LogP contribution in [-0.4, -0.2) is 27.9 Å². The first-order valence-electron chi connectivity index (χ1n) is 7.19. The number of pyridine rings is 1. The molecule has 2 aromatic rings. The summed E-state index contributed by atoms with van der Waals surface area (Å²) in [5.74, 6) is 0.927. The van der Waals surface area contributed by atoms with Gasteiger partial charge < -0.3 is 10.2 Å². The molecular formula is C15H20ClN5. The Bertz CT molecular complexity index is 620. The fraction of sp³-hybridized carbons (Fsp3) is 0.467. The normalized spacial score (nSPS) is 14.4. The van der Waals surface area contributed by atoms with Crippen LogP contribution in [0.5, 0.6) is 0 Å². The van der Waals surface area contributed by atoms with Crippen molar-refractivity contribution in [1.29, 1.82) is 0 Å². The van der Waals surface area contributed by atoms with E-state index in [1.165, 1.54) is 12.8 Å². The molecule has 1 aliphatic carbocycles. The highest BCUT2D eigenvalue weighted by molar-refractivity contribution is 6.31. The second-order valence-corrected chi connectivity index (χ2v) is 6.04. The van der Waals surface area contributed by atoms with Gasteiger partial charge in [-0.1, -0.05) is 11.6 Å². The van der Waals surface area contributed by atoms with Crippen molar-refractivity contribution in [3.05, 3.63) is 40.8 Å². The van der Waals surface area contributed by atoms with E-state index in [9.17, 15) is 0 Å². The molecule has 0 spiro atoms. The molecule has 1 saturated carbocycles. The highest BCUT2D eigenvalue weighted by atomic mass is 35.5. The highest BCUT2D eigenvalue weighted by Crippen LogP contribution is 2.23. The van der Waals surface area contributed by atoms with Crippen molar-refractivity contribution in [3.63, 3.8) is 0 Å². The maximum Gasteiger partial charge on any atom is 0.129 e. The third kappa shape index (κ3) is 3.74. The summed E-state index contributed by atoms with van der Waals surface area (Å²) in [4.78, 5) is 6.78. The summed E-state index contributed by atoms with van der Waals surface area (Å²) in [6.07, 6.45) is 6.42. The molecule has 2 aromatic heterocycles. The minimum Gasteiger partial charge on any atom is -0.355 e. The lowest BCUT2D eigenvalue weighted by Gasteiger charge is -2.18. The highest BCUT2D eigenvalue weighted by Gasteiger charge is 2.21. The Hall–Kier alpha value is -1.59. The smallest absolute Gasteiger partial charge is 0.129 e. The van der Waals surface area contributed by atoms with Crippen LogP contribution in [0, 0.1) is 0 Å². The van der Waals surface area contributed by atoms with E-state index in [1.807, 2.05) is 43.3 Å². The monoisotopic (exact) mass is 305 g/mol. The van der Waals surface area contributed by atoms with Gasteiger partial charge in [-0.15, -0.1) is 0 Å². The topological polar surface area (TPSA) is 46.0 Å². The van der Waals surface area contributed by atoms with Crippen molar-refractivity contribution in [2.75, 3.05) is 11.9 Å². The van der Waals surface area contributed by atoms with Crippen LogP contribution < -0.4 is 10.2 Å². The molecule has 112 valence electrons. The molecule has 0 radical (unpaired) electrons. The van der Waals surface area contributed by atoms with E-state index < -0.39 is 0 Å². The summed E-state index contributed by atoms with van der Waals surface area (Å²) in [5.41, 5.74) is 2.08. The van der Waals surface area contributed by atoms with Gasteiger partial charge in [-0.05, 0) is 25.0 Å². The zero-order chi connectivity index (χ0) is 14.8. The molecule has 0 aliphatic heterocycles. The van der Waals surface area contributed by atoms with Crippen molar-refractivity contribution in [2.45, 2.75) is 32.0 Å². The Morgan fingerprint density at radius 1 is 1.43 bits per heavy atom. The second kappa shape index (κ2) is 6.03. The molecule has 1 N–H and O–H groups in total. The summed E-state index contributed by atoms with van der Waals surface area (Å²) < 4.78 is 1.81. The number of anilines is 1. The Morgan fingerprint density at radius 2 is 2.24 bits per heavy atom. The number of nitrogens with one attached hydrogen (secondary N) is 1. The maximum absolute atomic E-state index is 6.23. The SMILES string of the molecule is CN(Cc1cnn(C)c1)c1ccc(Cl)c(CNC2CC2)n1. The Morgan fingerprint density at radius 3 is 2.90 bits per heavy atom. The molecule has 0 bridgehead atoms. The zero-order valence-corrected chi connectivity index (χ0v) is 13.1. The average Bonchev–Trinajstić information content (AvgIpc) is 3.20. The number of hydrogen-bond donors (Lipinski definition) is 1. The van der Waals surface area contributed by atoms with Crippen LogP contribution in [0.3, 0.4) is 0 Å². The van der Waals surface area contributed by atoms with E-state index in [4.69, 9.17) is 11.6 Å². The minimum absolute atomic E-state index is 0.652. The number of aryl methyl sites for hydroxylation is 1. The molecule has 3 rings (SSSR count). The molecule has 0 saturated heterocycles. The van der Waals surface area contributed by atoms with Gasteiger partial charge in [0, 0.05) is 45.0 Å². The van der Waals surface area contributed by atoms with Crippen molar-refractivity contribution in [1.82, 2.24) is 20.1 Å². The average molecular weight is 306 g/mol. The predicted octanol–water partition coefficient (Wildman–Crippen LogP) is 2.36. The van der Waals surface area contributed by atoms with E-state index in [2.05, 4.69) is 20.3 Å². The standard InChI is InChI=1S/C15H20ClN5/c1-20(9-11-7-18-21(2)10-11)15-6-5-13(16)14(19-15)8-17-12-3-4-12/h5-7,10,12,17H,3-4,8-9H2,1-2H3. The Labute approximate surface area is 129 Å². The second-order valence-electron chi connectivity index (χ2n) is 5.63. The molecule has 21 heavy (non-hydrogen) atoms. The van der Waals surface area contributed by atoms with Crippen LogP contribution in [0.25, 0.3) is 0 Å². The van der Waals surface area contributed by atoms with Gasteiger partial charge in [-0.2, -0.15) is 5.10 Å². The van der Waals surface area contributed by atoms with Gasteiger partial charge in [0.25, 0.3) is 0 Å². The van der Waals surface area contributed by atoms with Gasteiger partial charge in [0.15, 0.2) is 0 Å². The summed E-state index contributed by atoms with van der Waals surface area (Å²) in [5, 5.41) is 8.37. The number of hydrogen-bond acceptors (Lipinski definition) is 4. The summed E-state index contributed by atoms with van der Waals surface area (Å²) in [6, 6.07) is 4.53. The summed E-state index contributed by atoms with van der Waals surface area (Å²) in [6.45, 7) is 1.51. The number of aromatic nitrogens is 3. The first kappa shape index (κ1) is 14.4. The van der Waals surface area contributed by atoms with E-state index in [-0.39, 0.29) is 0 Å². The molecule has 0 atom stereocenters. The minimum atomic E-state index is 0.652. The van der Waals surface area contributed by atoms with E-state index >= 15 is 0 Å². The number of rotatable bonds is 6. The predicted molar refractivity (Wildman–Crippen MR) is 84.4 cm³/mol. The third-order valence-corrected chi connectivity index (χ3v) is 3.95. The largest absolute Gasteiger partial charge is 0.355 e. The van der Waals surface area contributed by atoms with Gasteiger partial charge >= 0.3 is 0 Å². The Balaban J connectivity index is 1.69. The number of halogens is 1. The van der Waals surface area contributed by atoms with E-state index in [1.54, 1.807) is 0 Å². The maximum atomic E-state index is 6.23. The number of nitrogens with zero attached hydrogens (tertiary/aromatic N) is 4. The first-order chi connectivity index (χ1) is 10.1. The molecule has 1 aliphatic rings. The van der Waals surface area contributed by atoms with Crippen molar-refractivity contribution < 1.29 is 0 Å². The first-order valence-corrected chi connectivity index (χ1v) is 7.57. The van der Waals surface area contributed by atoms with E-state index in [0.717, 1.165) is 35.2 Å². The van der Waals surface area contributed by atoms with Crippen LogP contribution in [0.15, 0.2) is 24.5 Å². The van der Waals surface area contributed by atoms with Crippen LogP contribution in [0.4, 0.5) is 5.82 Å². The van der Waals surface area contributed by atoms with Gasteiger partial charge in [-0.25, -0.2) is 4.98 Å². The van der Waals surface area contributed by atoms with Crippen LogP contribution in [0.2, 0.25) is 5.02 Å². The van der Waals surface area contributed by atoms with Gasteiger partial charge in [-0.3, -0.25) is 4.68 Å². The lowest BCUT2D eigenvalue weighted by molar-refractivity contribution is 0.673. The molecule has 1 fully saturated rings.